The summed E-state index contributed by atoms with van der Waals surface area (Å²) in [6, 6.07) is 4.75. The third-order valence-electron chi connectivity index (χ3n) is 3.23. The minimum Gasteiger partial charge on any atom is -0.472 e. The molecule has 0 spiro atoms. The standard InChI is InChI=1S/C14H11ClFNO2/c15-14(9-3-4-19-7-9)10-5-8-1-2-13(18)17-12(8)6-11(10)16/h3-7,14H,1-2H2,(H,17,18). The van der Waals surface area contributed by atoms with Gasteiger partial charge in [0.1, 0.15) is 5.82 Å². The van der Waals surface area contributed by atoms with Gasteiger partial charge >= 0.3 is 0 Å². The topological polar surface area (TPSA) is 42.2 Å². The monoisotopic (exact) mass is 279 g/mol. The fraction of sp³-hybridized carbons (Fsp3) is 0.214. The number of rotatable bonds is 2. The van der Waals surface area contributed by atoms with Crippen LogP contribution in [-0.4, -0.2) is 5.91 Å². The van der Waals surface area contributed by atoms with Crippen molar-refractivity contribution in [2.24, 2.45) is 0 Å². The van der Waals surface area contributed by atoms with E-state index in [1.807, 2.05) is 0 Å². The molecule has 2 heterocycles. The van der Waals surface area contributed by atoms with Crippen LogP contribution in [0.2, 0.25) is 0 Å². The fourth-order valence-corrected chi connectivity index (χ4v) is 2.51. The molecule has 1 atom stereocenters. The molecule has 1 aromatic heterocycles. The number of hydrogen-bond donors (Lipinski definition) is 1. The van der Waals surface area contributed by atoms with E-state index in [0.717, 1.165) is 5.56 Å². The molecule has 1 N–H and O–H groups in total. The molecule has 0 fully saturated rings. The lowest BCUT2D eigenvalue weighted by Gasteiger charge is -2.19. The largest absolute Gasteiger partial charge is 0.472 e. The highest BCUT2D eigenvalue weighted by atomic mass is 35.5. The van der Waals surface area contributed by atoms with Crippen LogP contribution in [0.1, 0.15) is 28.5 Å². The van der Waals surface area contributed by atoms with Crippen LogP contribution in [0.5, 0.6) is 0 Å². The van der Waals surface area contributed by atoms with E-state index in [1.165, 1.54) is 18.6 Å². The van der Waals surface area contributed by atoms with Gasteiger partial charge in [0, 0.05) is 23.2 Å². The number of benzene rings is 1. The Kier molecular flexibility index (Phi) is 3.03. The van der Waals surface area contributed by atoms with E-state index >= 15 is 0 Å². The maximum absolute atomic E-state index is 14.1. The van der Waals surface area contributed by atoms with Gasteiger partial charge < -0.3 is 9.73 Å². The highest BCUT2D eigenvalue weighted by Gasteiger charge is 2.22. The van der Waals surface area contributed by atoms with Crippen molar-refractivity contribution < 1.29 is 13.6 Å². The lowest BCUT2D eigenvalue weighted by Crippen LogP contribution is -2.19. The van der Waals surface area contributed by atoms with Crippen LogP contribution >= 0.6 is 11.6 Å². The third-order valence-corrected chi connectivity index (χ3v) is 3.71. The number of alkyl halides is 1. The molecule has 2 aromatic rings. The number of halogens is 2. The van der Waals surface area contributed by atoms with Gasteiger partial charge in [0.05, 0.1) is 17.9 Å². The number of carbonyl (C=O) groups is 1. The quantitative estimate of drug-likeness (QED) is 0.853. The number of carbonyl (C=O) groups excluding carboxylic acids is 1. The molecule has 3 rings (SSSR count). The average Bonchev–Trinajstić information content (AvgIpc) is 2.91. The minimum absolute atomic E-state index is 0.0862. The van der Waals surface area contributed by atoms with Gasteiger partial charge in [-0.1, -0.05) is 0 Å². The molecular weight excluding hydrogens is 269 g/mol. The van der Waals surface area contributed by atoms with E-state index < -0.39 is 11.2 Å². The van der Waals surface area contributed by atoms with E-state index in [-0.39, 0.29) is 5.91 Å². The smallest absolute Gasteiger partial charge is 0.224 e. The summed E-state index contributed by atoms with van der Waals surface area (Å²) < 4.78 is 19.0. The fourth-order valence-electron chi connectivity index (χ4n) is 2.21. The van der Waals surface area contributed by atoms with Crippen LogP contribution in [0.3, 0.4) is 0 Å². The molecule has 0 radical (unpaired) electrons. The molecule has 19 heavy (non-hydrogen) atoms. The predicted octanol–water partition coefficient (Wildman–Crippen LogP) is 3.63. The number of amides is 1. The Morgan fingerprint density at radius 1 is 1.37 bits per heavy atom. The van der Waals surface area contributed by atoms with Gasteiger partial charge in [-0.2, -0.15) is 0 Å². The van der Waals surface area contributed by atoms with Gasteiger partial charge in [-0.15, -0.1) is 11.6 Å². The van der Waals surface area contributed by atoms with Crippen molar-refractivity contribution in [2.45, 2.75) is 18.2 Å². The van der Waals surface area contributed by atoms with Gasteiger partial charge in [0.25, 0.3) is 0 Å². The Balaban J connectivity index is 2.01. The number of hydrogen-bond acceptors (Lipinski definition) is 2. The van der Waals surface area contributed by atoms with Gasteiger partial charge in [0.2, 0.25) is 5.91 Å². The third kappa shape index (κ3) is 2.24. The average molecular weight is 280 g/mol. The molecule has 3 nitrogen and oxygen atoms in total. The molecular formula is C14H11ClFNO2. The molecule has 1 unspecified atom stereocenters. The number of furan rings is 1. The van der Waals surface area contributed by atoms with E-state index in [4.69, 9.17) is 16.0 Å². The van der Waals surface area contributed by atoms with Crippen LogP contribution in [0, 0.1) is 5.82 Å². The summed E-state index contributed by atoms with van der Waals surface area (Å²) in [5.74, 6) is -0.515. The first-order valence-electron chi connectivity index (χ1n) is 5.93. The first-order valence-corrected chi connectivity index (χ1v) is 6.37. The highest BCUT2D eigenvalue weighted by Crippen LogP contribution is 2.35. The lowest BCUT2D eigenvalue weighted by molar-refractivity contribution is -0.116. The van der Waals surface area contributed by atoms with Crippen molar-refractivity contribution in [3.8, 4) is 0 Å². The summed E-state index contributed by atoms with van der Waals surface area (Å²) >= 11 is 6.26. The summed E-state index contributed by atoms with van der Waals surface area (Å²) in [6.45, 7) is 0. The molecule has 5 heteroatoms. The van der Waals surface area contributed by atoms with Crippen LogP contribution in [-0.2, 0) is 11.2 Å². The van der Waals surface area contributed by atoms with Crippen LogP contribution in [0.15, 0.2) is 35.1 Å². The Morgan fingerprint density at radius 3 is 2.95 bits per heavy atom. The zero-order chi connectivity index (χ0) is 13.4. The van der Waals surface area contributed by atoms with Crippen molar-refractivity contribution in [3.63, 3.8) is 0 Å². The van der Waals surface area contributed by atoms with Crippen molar-refractivity contribution >= 4 is 23.2 Å². The van der Waals surface area contributed by atoms with Gasteiger partial charge in [-0.05, 0) is 30.2 Å². The number of fused-ring (bicyclic) bond motifs is 1. The maximum atomic E-state index is 14.1. The summed E-state index contributed by atoms with van der Waals surface area (Å²) in [7, 11) is 0. The van der Waals surface area contributed by atoms with E-state index in [1.54, 1.807) is 12.1 Å². The van der Waals surface area contributed by atoms with Gasteiger partial charge in [-0.3, -0.25) is 4.79 Å². The molecule has 0 saturated carbocycles. The molecule has 1 aromatic carbocycles. The zero-order valence-electron chi connectivity index (χ0n) is 9.95. The highest BCUT2D eigenvalue weighted by molar-refractivity contribution is 6.22. The van der Waals surface area contributed by atoms with Crippen molar-refractivity contribution in [1.29, 1.82) is 0 Å². The lowest BCUT2D eigenvalue weighted by atomic mass is 9.97. The van der Waals surface area contributed by atoms with Crippen molar-refractivity contribution in [1.82, 2.24) is 0 Å². The first kappa shape index (κ1) is 12.2. The Hall–Kier alpha value is -1.81. The second-order valence-corrected chi connectivity index (χ2v) is 4.93. The second-order valence-electron chi connectivity index (χ2n) is 4.50. The molecule has 1 aliphatic rings. The zero-order valence-corrected chi connectivity index (χ0v) is 10.7. The second kappa shape index (κ2) is 4.70. The van der Waals surface area contributed by atoms with E-state index in [0.29, 0.717) is 29.7 Å². The molecule has 0 bridgehead atoms. The molecule has 1 aliphatic heterocycles. The molecule has 0 aliphatic carbocycles. The SMILES string of the molecule is O=C1CCc2cc(C(Cl)c3ccoc3)c(F)cc2N1. The molecule has 98 valence electrons. The number of aryl methyl sites for hydroxylation is 1. The number of anilines is 1. The van der Waals surface area contributed by atoms with E-state index in [2.05, 4.69) is 5.32 Å². The van der Waals surface area contributed by atoms with Crippen molar-refractivity contribution in [2.75, 3.05) is 5.32 Å². The van der Waals surface area contributed by atoms with Crippen molar-refractivity contribution in [3.05, 3.63) is 53.2 Å². The minimum atomic E-state index is -0.596. The van der Waals surface area contributed by atoms with Gasteiger partial charge in [0.15, 0.2) is 0 Å². The Bertz CT molecular complexity index is 625. The summed E-state index contributed by atoms with van der Waals surface area (Å²) in [5, 5.41) is 2.07. The number of nitrogens with one attached hydrogen (secondary N) is 1. The summed E-state index contributed by atoms with van der Waals surface area (Å²) in [5.41, 5.74) is 2.55. The molecule has 0 saturated heterocycles. The molecule has 1 amide bonds. The normalized spacial score (nSPS) is 15.8. The van der Waals surface area contributed by atoms with Crippen LogP contribution in [0.4, 0.5) is 10.1 Å². The maximum Gasteiger partial charge on any atom is 0.224 e. The first-order chi connectivity index (χ1) is 9.15. The van der Waals surface area contributed by atoms with Gasteiger partial charge in [-0.25, -0.2) is 4.39 Å². The summed E-state index contributed by atoms with van der Waals surface area (Å²) in [6.07, 6.45) is 4.01. The predicted molar refractivity (Wildman–Crippen MR) is 69.8 cm³/mol. The Labute approximate surface area is 114 Å². The summed E-state index contributed by atoms with van der Waals surface area (Å²) in [4.78, 5) is 11.3. The van der Waals surface area contributed by atoms with E-state index in [9.17, 15) is 9.18 Å². The Morgan fingerprint density at radius 2 is 2.21 bits per heavy atom. The van der Waals surface area contributed by atoms with Crippen LogP contribution in [0.25, 0.3) is 0 Å². The van der Waals surface area contributed by atoms with Crippen LogP contribution < -0.4 is 5.32 Å².